The number of carbonyl (C=O) groups excluding carboxylic acids is 1. The molecule has 6 nitrogen and oxygen atoms in total. The number of amides is 1. The normalized spacial score (nSPS) is 11.4. The summed E-state index contributed by atoms with van der Waals surface area (Å²) in [5.41, 5.74) is 2.83. The summed E-state index contributed by atoms with van der Waals surface area (Å²) in [5, 5.41) is 6.49. The minimum Gasteiger partial charge on any atom is -0.484 e. The number of aromatic nitrogens is 1. The Labute approximate surface area is 174 Å². The average Bonchev–Trinajstić information content (AvgIpc) is 2.74. The van der Waals surface area contributed by atoms with E-state index in [2.05, 4.69) is 20.8 Å². The Morgan fingerprint density at radius 2 is 1.74 bits per heavy atom. The van der Waals surface area contributed by atoms with Crippen molar-refractivity contribution >= 4 is 23.6 Å². The van der Waals surface area contributed by atoms with E-state index in [1.807, 2.05) is 0 Å². The van der Waals surface area contributed by atoms with Gasteiger partial charge in [-0.15, -0.1) is 0 Å². The molecule has 1 aromatic heterocycles. The fourth-order valence-corrected chi connectivity index (χ4v) is 2.33. The van der Waals surface area contributed by atoms with Crippen molar-refractivity contribution in [1.29, 1.82) is 0 Å². The number of nitrogens with one attached hydrogen (secondary N) is 2. The van der Waals surface area contributed by atoms with Crippen LogP contribution in [0.1, 0.15) is 11.1 Å². The van der Waals surface area contributed by atoms with Crippen molar-refractivity contribution in [1.82, 2.24) is 4.98 Å². The predicted molar refractivity (Wildman–Crippen MR) is 107 cm³/mol. The van der Waals surface area contributed by atoms with Gasteiger partial charge in [0, 0.05) is 11.9 Å². The first kappa shape index (κ1) is 21.8. The minimum atomic E-state index is -4.44. The lowest BCUT2D eigenvalue weighted by molar-refractivity contribution is -0.137. The smallest absolute Gasteiger partial charge is 0.417 e. The first-order chi connectivity index (χ1) is 14.8. The van der Waals surface area contributed by atoms with Gasteiger partial charge in [0.25, 0.3) is 5.91 Å². The topological polar surface area (TPSA) is 75.6 Å². The third-order valence-corrected chi connectivity index (χ3v) is 3.86. The number of halogens is 4. The van der Waals surface area contributed by atoms with Gasteiger partial charge in [-0.2, -0.15) is 18.3 Å². The molecule has 1 amide bonds. The van der Waals surface area contributed by atoms with Crippen molar-refractivity contribution in [2.24, 2.45) is 5.10 Å². The van der Waals surface area contributed by atoms with Gasteiger partial charge in [-0.05, 0) is 66.2 Å². The van der Waals surface area contributed by atoms with Crippen molar-refractivity contribution in [2.45, 2.75) is 6.18 Å². The Morgan fingerprint density at radius 3 is 2.35 bits per heavy atom. The highest BCUT2D eigenvalue weighted by atomic mass is 19.4. The lowest BCUT2D eigenvalue weighted by Crippen LogP contribution is -2.20. The van der Waals surface area contributed by atoms with Crippen LogP contribution >= 0.6 is 0 Å². The molecule has 0 unspecified atom stereocenters. The largest absolute Gasteiger partial charge is 0.484 e. The van der Waals surface area contributed by atoms with Crippen LogP contribution in [-0.2, 0) is 11.0 Å². The number of ether oxygens (including phenoxy) is 1. The van der Waals surface area contributed by atoms with Gasteiger partial charge in [-0.25, -0.2) is 9.37 Å². The zero-order valence-corrected chi connectivity index (χ0v) is 15.9. The fourth-order valence-electron chi connectivity index (χ4n) is 2.33. The van der Waals surface area contributed by atoms with Crippen LogP contribution in [0.5, 0.6) is 5.75 Å². The number of carbonyl (C=O) groups is 1. The average molecular weight is 432 g/mol. The Balaban J connectivity index is 1.46. The van der Waals surface area contributed by atoms with Gasteiger partial charge in [0.05, 0.1) is 11.8 Å². The van der Waals surface area contributed by atoms with Crippen LogP contribution in [0.15, 0.2) is 72.0 Å². The standard InChI is InChI=1S/C21H16F4N4O2/c22-16-4-6-17(7-5-16)28-20(30)13-31-18-8-1-14(2-9-18)11-27-29-19-10-3-15(12-26-19)21(23,24)25/h1-12H,13H2,(H,26,29)(H,28,30)/b27-11-. The number of alkyl halides is 3. The monoisotopic (exact) mass is 432 g/mol. The molecule has 0 aliphatic heterocycles. The van der Waals surface area contributed by atoms with Crippen molar-refractivity contribution in [3.05, 3.63) is 83.8 Å². The molecule has 2 N–H and O–H groups in total. The molecule has 0 saturated heterocycles. The number of hydrazone groups is 1. The molecular weight excluding hydrogens is 416 g/mol. The Morgan fingerprint density at radius 1 is 1.03 bits per heavy atom. The quantitative estimate of drug-likeness (QED) is 0.322. The molecule has 0 atom stereocenters. The highest BCUT2D eigenvalue weighted by Gasteiger charge is 2.30. The molecule has 0 spiro atoms. The van der Waals surface area contributed by atoms with Crippen molar-refractivity contribution in [2.75, 3.05) is 17.3 Å². The van der Waals surface area contributed by atoms with Crippen LogP contribution in [0.2, 0.25) is 0 Å². The zero-order chi connectivity index (χ0) is 22.3. The number of hydrogen-bond donors (Lipinski definition) is 2. The molecule has 3 aromatic rings. The Kier molecular flexibility index (Phi) is 6.81. The summed E-state index contributed by atoms with van der Waals surface area (Å²) < 4.78 is 55.7. The SMILES string of the molecule is O=C(COc1ccc(/C=N\Nc2ccc(C(F)(F)F)cn2)cc1)Nc1ccc(F)cc1. The summed E-state index contributed by atoms with van der Waals surface area (Å²) >= 11 is 0. The first-order valence-corrected chi connectivity index (χ1v) is 8.90. The number of pyridine rings is 1. The molecule has 160 valence electrons. The van der Waals surface area contributed by atoms with Gasteiger partial charge >= 0.3 is 6.18 Å². The first-order valence-electron chi connectivity index (χ1n) is 8.90. The molecule has 0 aliphatic rings. The van der Waals surface area contributed by atoms with Crippen LogP contribution in [0, 0.1) is 5.82 Å². The van der Waals surface area contributed by atoms with Gasteiger partial charge in [-0.3, -0.25) is 10.2 Å². The summed E-state index contributed by atoms with van der Waals surface area (Å²) in [7, 11) is 0. The predicted octanol–water partition coefficient (Wildman–Crippen LogP) is 4.70. The van der Waals surface area contributed by atoms with E-state index in [-0.39, 0.29) is 12.4 Å². The van der Waals surface area contributed by atoms with Crippen LogP contribution in [0.4, 0.5) is 29.1 Å². The number of benzene rings is 2. The molecule has 10 heteroatoms. The number of rotatable bonds is 7. The van der Waals surface area contributed by atoms with Crippen LogP contribution in [-0.4, -0.2) is 23.7 Å². The second-order valence-corrected chi connectivity index (χ2v) is 6.21. The summed E-state index contributed by atoms with van der Waals surface area (Å²) in [5.74, 6) is -0.186. The van der Waals surface area contributed by atoms with Gasteiger partial charge in [0.1, 0.15) is 17.4 Å². The van der Waals surface area contributed by atoms with E-state index in [4.69, 9.17) is 4.74 Å². The highest BCUT2D eigenvalue weighted by Crippen LogP contribution is 2.28. The molecule has 0 radical (unpaired) electrons. The van der Waals surface area contributed by atoms with E-state index in [0.29, 0.717) is 17.0 Å². The number of anilines is 2. The second-order valence-electron chi connectivity index (χ2n) is 6.21. The maximum atomic E-state index is 12.9. The molecule has 0 fully saturated rings. The van der Waals surface area contributed by atoms with E-state index in [1.54, 1.807) is 24.3 Å². The molecule has 2 aromatic carbocycles. The van der Waals surface area contributed by atoms with Crippen LogP contribution < -0.4 is 15.5 Å². The van der Waals surface area contributed by atoms with Crippen LogP contribution in [0.3, 0.4) is 0 Å². The summed E-state index contributed by atoms with van der Waals surface area (Å²) in [6, 6.07) is 14.0. The third-order valence-electron chi connectivity index (χ3n) is 3.86. The van der Waals surface area contributed by atoms with E-state index in [9.17, 15) is 22.4 Å². The molecular formula is C21H16F4N4O2. The van der Waals surface area contributed by atoms with Gasteiger partial charge in [-0.1, -0.05) is 0 Å². The van der Waals surface area contributed by atoms with Crippen molar-refractivity contribution in [3.63, 3.8) is 0 Å². The molecule has 0 bridgehead atoms. The maximum Gasteiger partial charge on any atom is 0.417 e. The van der Waals surface area contributed by atoms with E-state index >= 15 is 0 Å². The molecule has 3 rings (SSSR count). The molecule has 0 aliphatic carbocycles. The summed E-state index contributed by atoms with van der Waals surface area (Å²) in [4.78, 5) is 15.5. The van der Waals surface area contributed by atoms with Gasteiger partial charge in [0.2, 0.25) is 0 Å². The van der Waals surface area contributed by atoms with E-state index in [0.717, 1.165) is 12.3 Å². The van der Waals surface area contributed by atoms with Crippen molar-refractivity contribution in [3.8, 4) is 5.75 Å². The molecule has 31 heavy (non-hydrogen) atoms. The summed E-state index contributed by atoms with van der Waals surface area (Å²) in [6.45, 7) is -0.230. The Hall–Kier alpha value is -3.95. The van der Waals surface area contributed by atoms with Crippen LogP contribution in [0.25, 0.3) is 0 Å². The maximum absolute atomic E-state index is 12.9. The van der Waals surface area contributed by atoms with E-state index < -0.39 is 23.5 Å². The number of nitrogens with zero attached hydrogens (tertiary/aromatic N) is 2. The van der Waals surface area contributed by atoms with Crippen molar-refractivity contribution < 1.29 is 27.1 Å². The summed E-state index contributed by atoms with van der Waals surface area (Å²) in [6.07, 6.45) is -2.28. The fraction of sp³-hybridized carbons (Fsp3) is 0.0952. The third kappa shape index (κ3) is 6.81. The molecule has 0 saturated carbocycles. The lowest BCUT2D eigenvalue weighted by Gasteiger charge is -2.08. The van der Waals surface area contributed by atoms with Gasteiger partial charge in [0.15, 0.2) is 6.61 Å². The minimum absolute atomic E-state index is 0.163. The highest BCUT2D eigenvalue weighted by molar-refractivity contribution is 5.91. The second kappa shape index (κ2) is 9.70. The Bertz CT molecular complexity index is 1030. The molecule has 1 heterocycles. The van der Waals surface area contributed by atoms with E-state index in [1.165, 1.54) is 36.5 Å². The number of hydrogen-bond acceptors (Lipinski definition) is 5. The lowest BCUT2D eigenvalue weighted by atomic mass is 10.2. The zero-order valence-electron chi connectivity index (χ0n) is 15.9. The van der Waals surface area contributed by atoms with Gasteiger partial charge < -0.3 is 10.1 Å².